The van der Waals surface area contributed by atoms with Crippen molar-refractivity contribution >= 4 is 5.97 Å². The number of aromatic nitrogens is 1. The average molecular weight is 217 g/mol. The fourth-order valence-corrected chi connectivity index (χ4v) is 1.44. The van der Waals surface area contributed by atoms with Gasteiger partial charge in [-0.05, 0) is 23.8 Å². The molecule has 1 aromatic heterocycles. The fourth-order valence-electron chi connectivity index (χ4n) is 1.44. The van der Waals surface area contributed by atoms with Gasteiger partial charge >= 0.3 is 5.97 Å². The highest BCUT2D eigenvalue weighted by Gasteiger charge is 2.10. The van der Waals surface area contributed by atoms with Crippen LogP contribution in [0.5, 0.6) is 0 Å². The van der Waals surface area contributed by atoms with Crippen molar-refractivity contribution in [3.05, 3.63) is 54.1 Å². The predicted molar refractivity (Wildman–Crippen MR) is 56.6 cm³/mol. The smallest absolute Gasteiger partial charge is 0.336 e. The van der Waals surface area contributed by atoms with Crippen LogP contribution in [0.3, 0.4) is 0 Å². The Morgan fingerprint density at radius 2 is 1.88 bits per heavy atom. The Morgan fingerprint density at radius 3 is 2.50 bits per heavy atom. The van der Waals surface area contributed by atoms with Gasteiger partial charge in [0.1, 0.15) is 5.82 Å². The number of benzene rings is 1. The summed E-state index contributed by atoms with van der Waals surface area (Å²) in [5.74, 6) is -1.38. The fraction of sp³-hybridized carbons (Fsp3) is 0. The van der Waals surface area contributed by atoms with Crippen molar-refractivity contribution in [1.82, 2.24) is 4.98 Å². The maximum Gasteiger partial charge on any atom is 0.336 e. The number of carboxylic acid groups (broad SMARTS) is 1. The van der Waals surface area contributed by atoms with Crippen molar-refractivity contribution in [3.8, 4) is 11.1 Å². The van der Waals surface area contributed by atoms with Gasteiger partial charge in [-0.2, -0.15) is 0 Å². The van der Waals surface area contributed by atoms with Crippen LogP contribution in [0.1, 0.15) is 10.4 Å². The van der Waals surface area contributed by atoms with E-state index in [-0.39, 0.29) is 11.4 Å². The van der Waals surface area contributed by atoms with E-state index in [0.29, 0.717) is 11.1 Å². The van der Waals surface area contributed by atoms with E-state index in [0.717, 1.165) is 0 Å². The van der Waals surface area contributed by atoms with E-state index in [9.17, 15) is 9.18 Å². The number of carboxylic acids is 1. The van der Waals surface area contributed by atoms with E-state index in [1.165, 1.54) is 42.7 Å². The summed E-state index contributed by atoms with van der Waals surface area (Å²) in [5.41, 5.74) is 1.27. The molecule has 0 radical (unpaired) electrons. The minimum atomic E-state index is -1.03. The van der Waals surface area contributed by atoms with Gasteiger partial charge in [0.25, 0.3) is 0 Å². The second-order valence-electron chi connectivity index (χ2n) is 3.23. The average Bonchev–Trinajstić information content (AvgIpc) is 2.30. The van der Waals surface area contributed by atoms with Gasteiger partial charge < -0.3 is 5.11 Å². The molecule has 0 aliphatic carbocycles. The molecule has 3 nitrogen and oxygen atoms in total. The highest BCUT2D eigenvalue weighted by molar-refractivity contribution is 5.95. The Hall–Kier alpha value is -2.23. The van der Waals surface area contributed by atoms with Gasteiger partial charge in [0.15, 0.2) is 0 Å². The van der Waals surface area contributed by atoms with Crippen LogP contribution in [-0.2, 0) is 0 Å². The molecule has 0 saturated heterocycles. The Labute approximate surface area is 91.2 Å². The monoisotopic (exact) mass is 217 g/mol. The van der Waals surface area contributed by atoms with Crippen LogP contribution in [0.4, 0.5) is 4.39 Å². The molecule has 0 atom stereocenters. The lowest BCUT2D eigenvalue weighted by Gasteiger charge is -2.04. The lowest BCUT2D eigenvalue weighted by molar-refractivity contribution is 0.0697. The molecular weight excluding hydrogens is 209 g/mol. The molecule has 16 heavy (non-hydrogen) atoms. The number of aromatic carboxylic acids is 1. The lowest BCUT2D eigenvalue weighted by atomic mass is 10.0. The molecule has 2 aromatic rings. The number of nitrogens with zero attached hydrogens (tertiary/aromatic N) is 1. The first-order chi connectivity index (χ1) is 7.68. The summed E-state index contributed by atoms with van der Waals surface area (Å²) in [5, 5.41) is 8.98. The topological polar surface area (TPSA) is 50.2 Å². The molecule has 0 fully saturated rings. The van der Waals surface area contributed by atoms with Gasteiger partial charge in [-0.3, -0.25) is 4.98 Å². The van der Waals surface area contributed by atoms with Crippen molar-refractivity contribution in [2.45, 2.75) is 0 Å². The van der Waals surface area contributed by atoms with Crippen LogP contribution in [0.15, 0.2) is 42.7 Å². The quantitative estimate of drug-likeness (QED) is 0.841. The third-order valence-corrected chi connectivity index (χ3v) is 2.21. The number of rotatable bonds is 2. The van der Waals surface area contributed by atoms with Gasteiger partial charge in [-0.1, -0.05) is 12.1 Å². The second-order valence-corrected chi connectivity index (χ2v) is 3.23. The van der Waals surface area contributed by atoms with Crippen molar-refractivity contribution in [2.24, 2.45) is 0 Å². The SMILES string of the molecule is O=C(O)c1ccncc1-c1ccc(F)cc1. The lowest BCUT2D eigenvalue weighted by Crippen LogP contribution is -1.99. The van der Waals surface area contributed by atoms with Crippen molar-refractivity contribution in [3.63, 3.8) is 0 Å². The molecule has 0 saturated carbocycles. The maximum absolute atomic E-state index is 12.7. The highest BCUT2D eigenvalue weighted by Crippen LogP contribution is 2.22. The zero-order chi connectivity index (χ0) is 11.5. The van der Waals surface area contributed by atoms with E-state index in [4.69, 9.17) is 5.11 Å². The maximum atomic E-state index is 12.7. The van der Waals surface area contributed by atoms with E-state index >= 15 is 0 Å². The van der Waals surface area contributed by atoms with Gasteiger partial charge in [0.2, 0.25) is 0 Å². The molecule has 0 bridgehead atoms. The summed E-state index contributed by atoms with van der Waals surface area (Å²) in [7, 11) is 0. The Kier molecular flexibility index (Phi) is 2.64. The van der Waals surface area contributed by atoms with Gasteiger partial charge in [-0.15, -0.1) is 0 Å². The third-order valence-electron chi connectivity index (χ3n) is 2.21. The number of pyridine rings is 1. The van der Waals surface area contributed by atoms with Crippen LogP contribution in [-0.4, -0.2) is 16.1 Å². The molecule has 80 valence electrons. The first-order valence-electron chi connectivity index (χ1n) is 4.62. The number of hydrogen-bond acceptors (Lipinski definition) is 2. The van der Waals surface area contributed by atoms with Gasteiger partial charge in [0.05, 0.1) is 5.56 Å². The number of halogens is 1. The Balaban J connectivity index is 2.55. The zero-order valence-corrected chi connectivity index (χ0v) is 8.22. The summed E-state index contributed by atoms with van der Waals surface area (Å²) in [6, 6.07) is 7.04. The summed E-state index contributed by atoms with van der Waals surface area (Å²) in [6.07, 6.45) is 2.87. The standard InChI is InChI=1S/C12H8FNO2/c13-9-3-1-8(2-4-9)11-7-14-6-5-10(11)12(15)16/h1-7H,(H,15,16). The van der Waals surface area contributed by atoms with Crippen LogP contribution in [0.2, 0.25) is 0 Å². The molecule has 0 unspecified atom stereocenters. The molecule has 1 aromatic carbocycles. The molecule has 0 spiro atoms. The zero-order valence-electron chi connectivity index (χ0n) is 8.22. The number of hydrogen-bond donors (Lipinski definition) is 1. The minimum Gasteiger partial charge on any atom is -0.478 e. The molecule has 1 heterocycles. The van der Waals surface area contributed by atoms with Crippen LogP contribution >= 0.6 is 0 Å². The normalized spacial score (nSPS) is 10.1. The van der Waals surface area contributed by atoms with Gasteiger partial charge in [0, 0.05) is 18.0 Å². The highest BCUT2D eigenvalue weighted by atomic mass is 19.1. The molecular formula is C12H8FNO2. The first-order valence-corrected chi connectivity index (χ1v) is 4.62. The van der Waals surface area contributed by atoms with E-state index in [1.54, 1.807) is 0 Å². The molecule has 0 aliphatic heterocycles. The summed E-state index contributed by atoms with van der Waals surface area (Å²) in [4.78, 5) is 14.8. The largest absolute Gasteiger partial charge is 0.478 e. The van der Waals surface area contributed by atoms with Crippen LogP contribution in [0, 0.1) is 5.82 Å². The molecule has 2 rings (SSSR count). The minimum absolute atomic E-state index is 0.154. The van der Waals surface area contributed by atoms with E-state index in [1.807, 2.05) is 0 Å². The van der Waals surface area contributed by atoms with Crippen molar-refractivity contribution in [2.75, 3.05) is 0 Å². The summed E-state index contributed by atoms with van der Waals surface area (Å²) in [6.45, 7) is 0. The Morgan fingerprint density at radius 1 is 1.19 bits per heavy atom. The van der Waals surface area contributed by atoms with Crippen LogP contribution < -0.4 is 0 Å². The Bertz CT molecular complexity index is 523. The second kappa shape index (κ2) is 4.10. The first kappa shape index (κ1) is 10.3. The molecule has 0 aliphatic rings. The summed E-state index contributed by atoms with van der Waals surface area (Å²) < 4.78 is 12.7. The predicted octanol–water partition coefficient (Wildman–Crippen LogP) is 2.59. The van der Waals surface area contributed by atoms with Crippen molar-refractivity contribution < 1.29 is 14.3 Å². The van der Waals surface area contributed by atoms with Crippen LogP contribution in [0.25, 0.3) is 11.1 Å². The molecule has 1 N–H and O–H groups in total. The van der Waals surface area contributed by atoms with Gasteiger partial charge in [-0.25, -0.2) is 9.18 Å². The van der Waals surface area contributed by atoms with E-state index in [2.05, 4.69) is 4.98 Å². The van der Waals surface area contributed by atoms with E-state index < -0.39 is 5.97 Å². The van der Waals surface area contributed by atoms with Crippen molar-refractivity contribution in [1.29, 1.82) is 0 Å². The molecule has 4 heteroatoms. The third kappa shape index (κ3) is 1.91. The molecule has 0 amide bonds. The number of carbonyl (C=O) groups is 1. The summed E-state index contributed by atoms with van der Waals surface area (Å²) >= 11 is 0.